The third-order valence-electron chi connectivity index (χ3n) is 4.95. The SMILES string of the molecule is CCC(CC)C(NC(=O)N1CC(C)CC(C(=O)O)C1)c1cccs1. The summed E-state index contributed by atoms with van der Waals surface area (Å²) in [6.45, 7) is 7.21. The lowest BCUT2D eigenvalue weighted by atomic mass is 9.90. The van der Waals surface area contributed by atoms with Gasteiger partial charge in [0.2, 0.25) is 0 Å². The number of carboxylic acid groups (broad SMARTS) is 1. The Morgan fingerprint density at radius 1 is 1.38 bits per heavy atom. The first-order chi connectivity index (χ1) is 11.5. The van der Waals surface area contributed by atoms with E-state index in [1.165, 1.54) is 0 Å². The molecule has 3 unspecified atom stereocenters. The van der Waals surface area contributed by atoms with Gasteiger partial charge in [0.1, 0.15) is 0 Å². The molecule has 2 amide bonds. The number of piperidine rings is 1. The van der Waals surface area contributed by atoms with Crippen LogP contribution in [0.3, 0.4) is 0 Å². The number of hydrogen-bond acceptors (Lipinski definition) is 3. The predicted octanol–water partition coefficient (Wildman–Crippen LogP) is 3.98. The van der Waals surface area contributed by atoms with E-state index in [9.17, 15) is 14.7 Å². The van der Waals surface area contributed by atoms with Gasteiger partial charge in [-0.05, 0) is 29.7 Å². The average molecular weight is 353 g/mol. The van der Waals surface area contributed by atoms with E-state index in [4.69, 9.17) is 0 Å². The van der Waals surface area contributed by atoms with E-state index < -0.39 is 11.9 Å². The molecule has 1 aromatic heterocycles. The fraction of sp³-hybridized carbons (Fsp3) is 0.667. The summed E-state index contributed by atoms with van der Waals surface area (Å²) in [5, 5.41) is 14.5. The molecule has 0 aromatic carbocycles. The van der Waals surface area contributed by atoms with Gasteiger partial charge >= 0.3 is 12.0 Å². The summed E-state index contributed by atoms with van der Waals surface area (Å²) in [5.41, 5.74) is 0. The lowest BCUT2D eigenvalue weighted by Gasteiger charge is -2.36. The Kier molecular flexibility index (Phi) is 6.66. The van der Waals surface area contributed by atoms with Crippen molar-refractivity contribution in [3.8, 4) is 0 Å². The molecule has 2 heterocycles. The third kappa shape index (κ3) is 4.50. The second-order valence-corrected chi connectivity index (χ2v) is 7.78. The number of nitrogens with zero attached hydrogens (tertiary/aromatic N) is 1. The van der Waals surface area contributed by atoms with E-state index in [2.05, 4.69) is 25.2 Å². The first-order valence-corrected chi connectivity index (χ1v) is 9.65. The summed E-state index contributed by atoms with van der Waals surface area (Å²) in [7, 11) is 0. The molecule has 134 valence electrons. The summed E-state index contributed by atoms with van der Waals surface area (Å²) >= 11 is 1.66. The third-order valence-corrected chi connectivity index (χ3v) is 5.90. The van der Waals surface area contributed by atoms with Crippen molar-refractivity contribution < 1.29 is 14.7 Å². The van der Waals surface area contributed by atoms with Gasteiger partial charge < -0.3 is 15.3 Å². The van der Waals surface area contributed by atoms with Crippen molar-refractivity contribution in [1.29, 1.82) is 0 Å². The number of hydrogen-bond donors (Lipinski definition) is 2. The molecular formula is C18H28N2O3S. The van der Waals surface area contributed by atoms with Gasteiger partial charge in [-0.25, -0.2) is 4.79 Å². The van der Waals surface area contributed by atoms with E-state index in [-0.39, 0.29) is 18.0 Å². The molecule has 1 saturated heterocycles. The van der Waals surface area contributed by atoms with Gasteiger partial charge in [0.05, 0.1) is 12.0 Å². The van der Waals surface area contributed by atoms with Gasteiger partial charge in [0.25, 0.3) is 0 Å². The molecule has 2 rings (SSSR count). The standard InChI is InChI=1S/C18H28N2O3S/c1-4-13(5-2)16(15-7-6-8-24-15)19-18(23)20-10-12(3)9-14(11-20)17(21)22/h6-8,12-14,16H,4-5,9-11H2,1-3H3,(H,19,23)(H,21,22). The minimum atomic E-state index is -0.811. The highest BCUT2D eigenvalue weighted by molar-refractivity contribution is 7.10. The fourth-order valence-corrected chi connectivity index (χ4v) is 4.44. The Labute approximate surface area is 148 Å². The van der Waals surface area contributed by atoms with Crippen LogP contribution < -0.4 is 5.32 Å². The Balaban J connectivity index is 2.10. The quantitative estimate of drug-likeness (QED) is 0.813. The molecule has 1 aromatic rings. The van der Waals surface area contributed by atoms with E-state index in [1.807, 2.05) is 18.4 Å². The number of aliphatic carboxylic acids is 1. The molecule has 0 saturated carbocycles. The van der Waals surface area contributed by atoms with Gasteiger partial charge in [-0.2, -0.15) is 0 Å². The van der Waals surface area contributed by atoms with Gasteiger partial charge in [-0.15, -0.1) is 11.3 Å². The highest BCUT2D eigenvalue weighted by Gasteiger charge is 2.33. The lowest BCUT2D eigenvalue weighted by molar-refractivity contribution is -0.143. The number of carbonyl (C=O) groups excluding carboxylic acids is 1. The lowest BCUT2D eigenvalue weighted by Crippen LogP contribution is -2.50. The van der Waals surface area contributed by atoms with Crippen LogP contribution in [-0.2, 0) is 4.79 Å². The van der Waals surface area contributed by atoms with Gasteiger partial charge in [0.15, 0.2) is 0 Å². The summed E-state index contributed by atoms with van der Waals surface area (Å²) in [5.74, 6) is -0.689. The summed E-state index contributed by atoms with van der Waals surface area (Å²) < 4.78 is 0. The number of rotatable bonds is 6. The highest BCUT2D eigenvalue weighted by Crippen LogP contribution is 2.31. The summed E-state index contributed by atoms with van der Waals surface area (Å²) in [4.78, 5) is 26.9. The maximum absolute atomic E-state index is 12.8. The number of thiophene rings is 1. The van der Waals surface area contributed by atoms with Crippen molar-refractivity contribution in [2.24, 2.45) is 17.8 Å². The molecule has 24 heavy (non-hydrogen) atoms. The normalized spacial score (nSPS) is 22.4. The van der Waals surface area contributed by atoms with Crippen molar-refractivity contribution >= 4 is 23.3 Å². The zero-order valence-corrected chi connectivity index (χ0v) is 15.5. The monoisotopic (exact) mass is 352 g/mol. The molecule has 1 fully saturated rings. The van der Waals surface area contributed by atoms with Crippen LogP contribution in [0.1, 0.15) is 51.0 Å². The second kappa shape index (κ2) is 8.51. The summed E-state index contributed by atoms with van der Waals surface area (Å²) in [6, 6.07) is 3.92. The number of carboxylic acids is 1. The van der Waals surface area contributed by atoms with E-state index in [0.29, 0.717) is 25.4 Å². The van der Waals surface area contributed by atoms with Crippen LogP contribution in [0.4, 0.5) is 4.79 Å². The van der Waals surface area contributed by atoms with Crippen LogP contribution in [0.5, 0.6) is 0 Å². The number of amides is 2. The molecule has 0 bridgehead atoms. The van der Waals surface area contributed by atoms with Gasteiger partial charge in [-0.3, -0.25) is 4.79 Å². The smallest absolute Gasteiger partial charge is 0.317 e. The molecule has 0 aliphatic carbocycles. The van der Waals surface area contributed by atoms with Crippen molar-refractivity contribution in [3.05, 3.63) is 22.4 Å². The van der Waals surface area contributed by atoms with Crippen LogP contribution in [0.25, 0.3) is 0 Å². The van der Waals surface area contributed by atoms with E-state index >= 15 is 0 Å². The van der Waals surface area contributed by atoms with Crippen LogP contribution in [0.15, 0.2) is 17.5 Å². The van der Waals surface area contributed by atoms with Crippen molar-refractivity contribution in [1.82, 2.24) is 10.2 Å². The van der Waals surface area contributed by atoms with Crippen molar-refractivity contribution in [3.63, 3.8) is 0 Å². The zero-order chi connectivity index (χ0) is 17.7. The number of nitrogens with one attached hydrogen (secondary N) is 1. The molecule has 0 spiro atoms. The minimum absolute atomic E-state index is 0.00647. The number of urea groups is 1. The van der Waals surface area contributed by atoms with Gasteiger partial charge in [0, 0.05) is 18.0 Å². The van der Waals surface area contributed by atoms with Crippen LogP contribution in [0, 0.1) is 17.8 Å². The Morgan fingerprint density at radius 3 is 2.62 bits per heavy atom. The molecule has 1 aliphatic heterocycles. The average Bonchev–Trinajstić information content (AvgIpc) is 3.08. The van der Waals surface area contributed by atoms with Gasteiger partial charge in [-0.1, -0.05) is 39.7 Å². The summed E-state index contributed by atoms with van der Waals surface area (Å²) in [6.07, 6.45) is 2.63. The molecule has 1 aliphatic rings. The minimum Gasteiger partial charge on any atom is -0.481 e. The second-order valence-electron chi connectivity index (χ2n) is 6.80. The van der Waals surface area contributed by atoms with E-state index in [0.717, 1.165) is 17.7 Å². The molecular weight excluding hydrogens is 324 g/mol. The van der Waals surface area contributed by atoms with Crippen molar-refractivity contribution in [2.45, 2.75) is 46.1 Å². The molecule has 5 nitrogen and oxygen atoms in total. The molecule has 0 radical (unpaired) electrons. The zero-order valence-electron chi connectivity index (χ0n) is 14.7. The van der Waals surface area contributed by atoms with E-state index in [1.54, 1.807) is 16.2 Å². The molecule has 6 heteroatoms. The number of likely N-dealkylation sites (tertiary alicyclic amines) is 1. The molecule has 3 atom stereocenters. The fourth-order valence-electron chi connectivity index (χ4n) is 3.57. The first kappa shape index (κ1) is 18.8. The Hall–Kier alpha value is -1.56. The Bertz CT molecular complexity index is 542. The van der Waals surface area contributed by atoms with Crippen LogP contribution in [-0.4, -0.2) is 35.1 Å². The maximum Gasteiger partial charge on any atom is 0.317 e. The topological polar surface area (TPSA) is 69.6 Å². The Morgan fingerprint density at radius 2 is 2.08 bits per heavy atom. The predicted molar refractivity (Wildman–Crippen MR) is 96.1 cm³/mol. The first-order valence-electron chi connectivity index (χ1n) is 8.77. The van der Waals surface area contributed by atoms with Crippen LogP contribution >= 0.6 is 11.3 Å². The van der Waals surface area contributed by atoms with Crippen LogP contribution in [0.2, 0.25) is 0 Å². The largest absolute Gasteiger partial charge is 0.481 e. The molecule has 2 N–H and O–H groups in total. The highest BCUT2D eigenvalue weighted by atomic mass is 32.1. The van der Waals surface area contributed by atoms with Crippen molar-refractivity contribution in [2.75, 3.05) is 13.1 Å². The number of carbonyl (C=O) groups is 2. The maximum atomic E-state index is 12.8.